The molecule has 0 fully saturated rings. The third-order valence-corrected chi connectivity index (χ3v) is 4.25. The van der Waals surface area contributed by atoms with E-state index in [4.69, 9.17) is 0 Å². The van der Waals surface area contributed by atoms with Gasteiger partial charge in [0.2, 0.25) is 0 Å². The second-order valence-electron chi connectivity index (χ2n) is 4.49. The zero-order valence-corrected chi connectivity index (χ0v) is 12.1. The summed E-state index contributed by atoms with van der Waals surface area (Å²) in [5.41, 5.74) is 2.68. The first-order valence-electron chi connectivity index (χ1n) is 6.53. The van der Waals surface area contributed by atoms with Crippen LogP contribution in [0.15, 0.2) is 23.8 Å². The molecule has 1 N–H and O–H groups in total. The van der Waals surface area contributed by atoms with Crippen molar-refractivity contribution in [2.24, 2.45) is 0 Å². The summed E-state index contributed by atoms with van der Waals surface area (Å²) >= 11 is 1.84. The van der Waals surface area contributed by atoms with Crippen LogP contribution in [-0.4, -0.2) is 16.3 Å². The largest absolute Gasteiger partial charge is 0.309 e. The van der Waals surface area contributed by atoms with Crippen LogP contribution in [0.25, 0.3) is 0 Å². The maximum Gasteiger partial charge on any atom is 0.0522 e. The number of nitrogens with zero attached hydrogens (tertiary/aromatic N) is 2. The summed E-state index contributed by atoms with van der Waals surface area (Å²) in [6.45, 7) is 8.38. The van der Waals surface area contributed by atoms with Gasteiger partial charge in [0.1, 0.15) is 0 Å². The van der Waals surface area contributed by atoms with Gasteiger partial charge in [-0.25, -0.2) is 0 Å². The number of aromatic nitrogens is 2. The fourth-order valence-electron chi connectivity index (χ4n) is 2.17. The summed E-state index contributed by atoms with van der Waals surface area (Å²) in [4.78, 5) is 1.45. The molecule has 4 heteroatoms. The lowest BCUT2D eigenvalue weighted by molar-refractivity contribution is 0.555. The van der Waals surface area contributed by atoms with Gasteiger partial charge in [-0.05, 0) is 49.4 Å². The molecule has 2 heterocycles. The molecule has 98 valence electrons. The molecular weight excluding hydrogens is 242 g/mol. The topological polar surface area (TPSA) is 29.9 Å². The molecule has 18 heavy (non-hydrogen) atoms. The highest BCUT2D eigenvalue weighted by Gasteiger charge is 2.15. The van der Waals surface area contributed by atoms with Gasteiger partial charge in [0, 0.05) is 23.7 Å². The number of thiophene rings is 1. The molecule has 0 spiro atoms. The van der Waals surface area contributed by atoms with Crippen molar-refractivity contribution in [3.05, 3.63) is 39.8 Å². The predicted molar refractivity (Wildman–Crippen MR) is 77.1 cm³/mol. The Morgan fingerprint density at radius 1 is 1.44 bits per heavy atom. The van der Waals surface area contributed by atoms with Gasteiger partial charge in [-0.3, -0.25) is 4.68 Å². The van der Waals surface area contributed by atoms with E-state index in [1.807, 2.05) is 22.2 Å². The first-order chi connectivity index (χ1) is 8.74. The Hall–Kier alpha value is -1.13. The normalized spacial score (nSPS) is 12.8. The minimum absolute atomic E-state index is 0.407. The van der Waals surface area contributed by atoms with E-state index >= 15 is 0 Å². The fraction of sp³-hybridized carbons (Fsp3) is 0.500. The van der Waals surface area contributed by atoms with E-state index in [0.29, 0.717) is 6.04 Å². The Kier molecular flexibility index (Phi) is 4.55. The van der Waals surface area contributed by atoms with Crippen molar-refractivity contribution in [1.82, 2.24) is 15.1 Å². The smallest absolute Gasteiger partial charge is 0.0522 e. The average Bonchev–Trinajstić information content (AvgIpc) is 2.97. The molecule has 2 aromatic rings. The molecule has 0 aliphatic rings. The number of hydrogen-bond acceptors (Lipinski definition) is 3. The number of hydrogen-bond donors (Lipinski definition) is 1. The van der Waals surface area contributed by atoms with E-state index in [9.17, 15) is 0 Å². The Balaban J connectivity index is 2.13. The van der Waals surface area contributed by atoms with E-state index in [1.54, 1.807) is 0 Å². The van der Waals surface area contributed by atoms with Crippen LogP contribution in [0.5, 0.6) is 0 Å². The van der Waals surface area contributed by atoms with Crippen LogP contribution in [-0.2, 0) is 13.0 Å². The van der Waals surface area contributed by atoms with Gasteiger partial charge < -0.3 is 5.32 Å². The number of likely N-dealkylation sites (N-methyl/N-ethyl adjacent to an activating group) is 1. The van der Waals surface area contributed by atoms with Crippen LogP contribution < -0.4 is 5.32 Å². The van der Waals surface area contributed by atoms with Crippen molar-refractivity contribution in [2.75, 3.05) is 6.54 Å². The highest BCUT2D eigenvalue weighted by Crippen LogP contribution is 2.26. The fourth-order valence-corrected chi connectivity index (χ4v) is 3.17. The molecule has 3 nitrogen and oxygen atoms in total. The van der Waals surface area contributed by atoms with E-state index in [0.717, 1.165) is 19.5 Å². The Bertz CT molecular complexity index is 487. The SMILES string of the molecule is CCNC(Cc1cnn(CC)c1)c1sccc1C. The van der Waals surface area contributed by atoms with Gasteiger partial charge in [-0.2, -0.15) is 5.10 Å². The lowest BCUT2D eigenvalue weighted by Gasteiger charge is -2.16. The quantitative estimate of drug-likeness (QED) is 0.867. The van der Waals surface area contributed by atoms with Gasteiger partial charge >= 0.3 is 0 Å². The van der Waals surface area contributed by atoms with E-state index in [2.05, 4.69) is 48.8 Å². The zero-order chi connectivity index (χ0) is 13.0. The molecular formula is C14H21N3S. The lowest BCUT2D eigenvalue weighted by atomic mass is 10.1. The van der Waals surface area contributed by atoms with Crippen molar-refractivity contribution in [3.63, 3.8) is 0 Å². The summed E-state index contributed by atoms with van der Waals surface area (Å²) in [5.74, 6) is 0. The second-order valence-corrected chi connectivity index (χ2v) is 5.43. The van der Waals surface area contributed by atoms with Crippen molar-refractivity contribution in [3.8, 4) is 0 Å². The molecule has 0 bridgehead atoms. The van der Waals surface area contributed by atoms with Crippen LogP contribution >= 0.6 is 11.3 Å². The number of aryl methyl sites for hydroxylation is 2. The molecule has 0 saturated carbocycles. The summed E-state index contributed by atoms with van der Waals surface area (Å²) < 4.78 is 1.99. The molecule has 2 rings (SSSR count). The van der Waals surface area contributed by atoms with Gasteiger partial charge in [0.15, 0.2) is 0 Å². The van der Waals surface area contributed by atoms with Crippen LogP contribution in [0.1, 0.15) is 35.9 Å². The molecule has 0 amide bonds. The molecule has 0 aromatic carbocycles. The maximum absolute atomic E-state index is 4.34. The van der Waals surface area contributed by atoms with Gasteiger partial charge in [0.05, 0.1) is 6.20 Å². The molecule has 1 atom stereocenters. The zero-order valence-electron chi connectivity index (χ0n) is 11.3. The molecule has 1 unspecified atom stereocenters. The van der Waals surface area contributed by atoms with Crippen molar-refractivity contribution in [2.45, 2.75) is 39.8 Å². The third-order valence-electron chi connectivity index (χ3n) is 3.12. The van der Waals surface area contributed by atoms with Crippen LogP contribution in [0, 0.1) is 6.92 Å². The van der Waals surface area contributed by atoms with E-state index < -0.39 is 0 Å². The summed E-state index contributed by atoms with van der Waals surface area (Å²) in [7, 11) is 0. The first-order valence-corrected chi connectivity index (χ1v) is 7.41. The molecule has 0 saturated heterocycles. The highest BCUT2D eigenvalue weighted by molar-refractivity contribution is 7.10. The maximum atomic E-state index is 4.34. The van der Waals surface area contributed by atoms with Crippen LogP contribution in [0.4, 0.5) is 0 Å². The number of nitrogens with one attached hydrogen (secondary N) is 1. The van der Waals surface area contributed by atoms with Gasteiger partial charge in [0.25, 0.3) is 0 Å². The molecule has 0 radical (unpaired) electrons. The molecule has 2 aromatic heterocycles. The van der Waals surface area contributed by atoms with Gasteiger partial charge in [-0.15, -0.1) is 11.3 Å². The summed E-state index contributed by atoms with van der Waals surface area (Å²) in [6, 6.07) is 2.60. The van der Waals surface area contributed by atoms with E-state index in [-0.39, 0.29) is 0 Å². The molecule has 0 aliphatic carbocycles. The highest BCUT2D eigenvalue weighted by atomic mass is 32.1. The minimum atomic E-state index is 0.407. The van der Waals surface area contributed by atoms with Crippen molar-refractivity contribution in [1.29, 1.82) is 0 Å². The van der Waals surface area contributed by atoms with Crippen LogP contribution in [0.3, 0.4) is 0 Å². The minimum Gasteiger partial charge on any atom is -0.309 e. The Labute approximate surface area is 113 Å². The Morgan fingerprint density at radius 2 is 2.28 bits per heavy atom. The molecule has 0 aliphatic heterocycles. The monoisotopic (exact) mass is 263 g/mol. The lowest BCUT2D eigenvalue weighted by Crippen LogP contribution is -2.22. The average molecular weight is 263 g/mol. The standard InChI is InChI=1S/C14H21N3S/c1-4-15-13(14-11(3)6-7-18-14)8-12-9-16-17(5-2)10-12/h6-7,9-10,13,15H,4-5,8H2,1-3H3. The van der Waals surface area contributed by atoms with Crippen LogP contribution in [0.2, 0.25) is 0 Å². The van der Waals surface area contributed by atoms with E-state index in [1.165, 1.54) is 16.0 Å². The van der Waals surface area contributed by atoms with Gasteiger partial charge in [-0.1, -0.05) is 6.92 Å². The summed E-state index contributed by atoms with van der Waals surface area (Å²) in [5, 5.41) is 10.1. The second kappa shape index (κ2) is 6.16. The summed E-state index contributed by atoms with van der Waals surface area (Å²) in [6.07, 6.45) is 5.14. The van der Waals surface area contributed by atoms with Crippen molar-refractivity contribution < 1.29 is 0 Å². The first kappa shape index (κ1) is 13.3. The predicted octanol–water partition coefficient (Wildman–Crippen LogP) is 3.17. The van der Waals surface area contributed by atoms with Crippen molar-refractivity contribution >= 4 is 11.3 Å². The number of rotatable bonds is 6. The third kappa shape index (κ3) is 3.00. The Morgan fingerprint density at radius 3 is 2.83 bits per heavy atom.